The van der Waals surface area contributed by atoms with Crippen molar-refractivity contribution >= 4 is 17.8 Å². The van der Waals surface area contributed by atoms with Gasteiger partial charge in [0.15, 0.2) is 0 Å². The van der Waals surface area contributed by atoms with Gasteiger partial charge in [0.25, 0.3) is 0 Å². The zero-order chi connectivity index (χ0) is 22.8. The van der Waals surface area contributed by atoms with E-state index in [0.29, 0.717) is 24.4 Å². The number of aliphatic hydroxyl groups excluding tert-OH is 1. The van der Waals surface area contributed by atoms with E-state index in [1.54, 1.807) is 30.5 Å². The van der Waals surface area contributed by atoms with Crippen LogP contribution in [-0.2, 0) is 6.54 Å². The molecule has 0 spiro atoms. The number of aromatic nitrogens is 1. The summed E-state index contributed by atoms with van der Waals surface area (Å²) in [6.07, 6.45) is 1.83. The van der Waals surface area contributed by atoms with E-state index in [1.807, 2.05) is 18.2 Å². The molecule has 3 aromatic rings. The highest BCUT2D eigenvalue weighted by atomic mass is 16.5. The van der Waals surface area contributed by atoms with Gasteiger partial charge in [0.2, 0.25) is 0 Å². The second-order valence-electron chi connectivity index (χ2n) is 7.56. The maximum Gasteiger partial charge on any atom is 0.150 e. The van der Waals surface area contributed by atoms with Gasteiger partial charge in [-0.25, -0.2) is 4.98 Å². The SMILES string of the molecule is CCN(CC)c1ccc(CN(CC(O)COc2ccc(C=O)cc2)c2ccccn2)cc1. The molecule has 0 saturated carbocycles. The van der Waals surface area contributed by atoms with Crippen LogP contribution in [0.5, 0.6) is 5.75 Å². The Labute approximate surface area is 190 Å². The Hall–Kier alpha value is -3.38. The lowest BCUT2D eigenvalue weighted by Gasteiger charge is -2.27. The predicted octanol–water partition coefficient (Wildman–Crippen LogP) is 4.19. The molecule has 0 aliphatic heterocycles. The molecular weight excluding hydrogens is 402 g/mol. The first-order valence-electron chi connectivity index (χ1n) is 11.0. The molecule has 0 amide bonds. The van der Waals surface area contributed by atoms with Crippen LogP contribution >= 0.6 is 0 Å². The highest BCUT2D eigenvalue weighted by molar-refractivity contribution is 5.74. The number of ether oxygens (including phenoxy) is 1. The van der Waals surface area contributed by atoms with Crippen LogP contribution in [0.25, 0.3) is 0 Å². The van der Waals surface area contributed by atoms with Gasteiger partial charge in [0.1, 0.15) is 30.6 Å². The van der Waals surface area contributed by atoms with Crippen molar-refractivity contribution in [3.63, 3.8) is 0 Å². The Bertz CT molecular complexity index is 942. The third-order valence-corrected chi connectivity index (χ3v) is 5.30. The van der Waals surface area contributed by atoms with E-state index in [2.05, 4.69) is 52.9 Å². The van der Waals surface area contributed by atoms with E-state index < -0.39 is 6.10 Å². The van der Waals surface area contributed by atoms with Crippen LogP contribution < -0.4 is 14.5 Å². The van der Waals surface area contributed by atoms with Crippen molar-refractivity contribution in [1.29, 1.82) is 0 Å². The highest BCUT2D eigenvalue weighted by Gasteiger charge is 2.15. The second kappa shape index (κ2) is 11.9. The summed E-state index contributed by atoms with van der Waals surface area (Å²) in [4.78, 5) is 19.6. The third kappa shape index (κ3) is 6.56. The molecule has 6 nitrogen and oxygen atoms in total. The van der Waals surface area contributed by atoms with Crippen LogP contribution in [0.2, 0.25) is 0 Å². The van der Waals surface area contributed by atoms with Crippen molar-refractivity contribution in [2.24, 2.45) is 0 Å². The average molecular weight is 434 g/mol. The molecule has 1 unspecified atom stereocenters. The molecule has 0 saturated heterocycles. The van der Waals surface area contributed by atoms with Crippen LogP contribution in [0.15, 0.2) is 72.9 Å². The first-order chi connectivity index (χ1) is 15.6. The number of aliphatic hydroxyl groups is 1. The number of rotatable bonds is 12. The van der Waals surface area contributed by atoms with Crippen molar-refractivity contribution in [2.75, 3.05) is 36.0 Å². The first-order valence-corrected chi connectivity index (χ1v) is 11.0. The van der Waals surface area contributed by atoms with Gasteiger partial charge in [-0.05, 0) is 67.9 Å². The molecule has 32 heavy (non-hydrogen) atoms. The molecule has 1 heterocycles. The van der Waals surface area contributed by atoms with Crippen molar-refractivity contribution in [3.05, 3.63) is 84.1 Å². The van der Waals surface area contributed by atoms with Crippen molar-refractivity contribution in [2.45, 2.75) is 26.5 Å². The molecular formula is C26H31N3O3. The van der Waals surface area contributed by atoms with Gasteiger partial charge >= 0.3 is 0 Å². The number of anilines is 2. The molecule has 2 aromatic carbocycles. The Morgan fingerprint density at radius 3 is 2.28 bits per heavy atom. The monoisotopic (exact) mass is 433 g/mol. The summed E-state index contributed by atoms with van der Waals surface area (Å²) in [5.41, 5.74) is 2.94. The van der Waals surface area contributed by atoms with Crippen LogP contribution in [-0.4, -0.2) is 48.7 Å². The minimum absolute atomic E-state index is 0.144. The minimum atomic E-state index is -0.710. The number of benzene rings is 2. The minimum Gasteiger partial charge on any atom is -0.491 e. The van der Waals surface area contributed by atoms with Crippen LogP contribution in [0.1, 0.15) is 29.8 Å². The van der Waals surface area contributed by atoms with Crippen LogP contribution in [0.3, 0.4) is 0 Å². The molecule has 3 rings (SSSR count). The van der Waals surface area contributed by atoms with Crippen LogP contribution in [0.4, 0.5) is 11.5 Å². The molecule has 0 fully saturated rings. The highest BCUT2D eigenvalue weighted by Crippen LogP contribution is 2.19. The predicted molar refractivity (Wildman–Crippen MR) is 129 cm³/mol. The van der Waals surface area contributed by atoms with Crippen molar-refractivity contribution in [3.8, 4) is 5.75 Å². The van der Waals surface area contributed by atoms with E-state index in [1.165, 1.54) is 5.69 Å². The smallest absolute Gasteiger partial charge is 0.150 e. The Balaban J connectivity index is 1.65. The zero-order valence-corrected chi connectivity index (χ0v) is 18.7. The van der Waals surface area contributed by atoms with Gasteiger partial charge in [-0.1, -0.05) is 18.2 Å². The fourth-order valence-electron chi connectivity index (χ4n) is 3.54. The normalized spacial score (nSPS) is 11.6. The molecule has 1 N–H and O–H groups in total. The maximum absolute atomic E-state index is 10.8. The van der Waals surface area contributed by atoms with Crippen molar-refractivity contribution in [1.82, 2.24) is 4.98 Å². The number of hydrogen-bond acceptors (Lipinski definition) is 6. The number of carbonyl (C=O) groups excluding carboxylic acids is 1. The molecule has 168 valence electrons. The van der Waals surface area contributed by atoms with Gasteiger partial charge in [-0.3, -0.25) is 4.79 Å². The summed E-state index contributed by atoms with van der Waals surface area (Å²) in [6.45, 7) is 7.40. The Morgan fingerprint density at radius 1 is 0.969 bits per heavy atom. The lowest BCUT2D eigenvalue weighted by atomic mass is 10.1. The van der Waals surface area contributed by atoms with E-state index in [4.69, 9.17) is 4.74 Å². The molecule has 6 heteroatoms. The van der Waals surface area contributed by atoms with Gasteiger partial charge < -0.3 is 19.6 Å². The first kappa shape index (κ1) is 23.3. The van der Waals surface area contributed by atoms with Gasteiger partial charge in [0.05, 0.1) is 0 Å². The van der Waals surface area contributed by atoms with Gasteiger partial charge in [0, 0.05) is 43.6 Å². The molecule has 1 aromatic heterocycles. The Morgan fingerprint density at radius 2 is 1.69 bits per heavy atom. The van der Waals surface area contributed by atoms with E-state index in [-0.39, 0.29) is 6.61 Å². The number of carbonyl (C=O) groups is 1. The fraction of sp³-hybridized carbons (Fsp3) is 0.308. The molecule has 0 bridgehead atoms. The lowest BCUT2D eigenvalue weighted by molar-refractivity contribution is 0.111. The van der Waals surface area contributed by atoms with Crippen LogP contribution in [0, 0.1) is 0 Å². The summed E-state index contributed by atoms with van der Waals surface area (Å²) >= 11 is 0. The van der Waals surface area contributed by atoms with E-state index in [9.17, 15) is 9.90 Å². The quantitative estimate of drug-likeness (QED) is 0.432. The summed E-state index contributed by atoms with van der Waals surface area (Å²) in [7, 11) is 0. The standard InChI is InChI=1S/C26H31N3O3/c1-3-28(4-2)23-12-8-21(9-13-23)17-29(26-7-5-6-16-27-26)18-24(31)20-32-25-14-10-22(19-30)11-15-25/h5-16,19,24,31H,3-4,17-18,20H2,1-2H3. The molecule has 0 aliphatic carbocycles. The van der Waals surface area contributed by atoms with Gasteiger partial charge in [-0.15, -0.1) is 0 Å². The summed E-state index contributed by atoms with van der Waals surface area (Å²) in [5.74, 6) is 1.42. The third-order valence-electron chi connectivity index (χ3n) is 5.30. The zero-order valence-electron chi connectivity index (χ0n) is 18.7. The molecule has 0 aliphatic rings. The number of aldehydes is 1. The maximum atomic E-state index is 10.8. The summed E-state index contributed by atoms with van der Waals surface area (Å²) in [5, 5.41) is 10.6. The Kier molecular flexibility index (Phi) is 8.63. The van der Waals surface area contributed by atoms with E-state index >= 15 is 0 Å². The lowest BCUT2D eigenvalue weighted by Crippen LogP contribution is -2.35. The van der Waals surface area contributed by atoms with Gasteiger partial charge in [-0.2, -0.15) is 0 Å². The van der Waals surface area contributed by atoms with E-state index in [0.717, 1.165) is 30.8 Å². The molecule has 1 atom stereocenters. The summed E-state index contributed by atoms with van der Waals surface area (Å²) in [6, 6.07) is 21.1. The fourth-order valence-corrected chi connectivity index (χ4v) is 3.54. The second-order valence-corrected chi connectivity index (χ2v) is 7.56. The number of hydrogen-bond donors (Lipinski definition) is 1. The number of nitrogens with zero attached hydrogens (tertiary/aromatic N) is 3. The largest absolute Gasteiger partial charge is 0.491 e. The summed E-state index contributed by atoms with van der Waals surface area (Å²) < 4.78 is 5.70. The van der Waals surface area contributed by atoms with Crippen molar-refractivity contribution < 1.29 is 14.6 Å². The average Bonchev–Trinajstić information content (AvgIpc) is 2.85. The number of pyridine rings is 1. The molecule has 0 radical (unpaired) electrons. The topological polar surface area (TPSA) is 65.9 Å².